The molecule has 1 aliphatic carbocycles. The van der Waals surface area contributed by atoms with E-state index in [2.05, 4.69) is 0 Å². The van der Waals surface area contributed by atoms with Crippen molar-refractivity contribution < 1.29 is 9.84 Å². The second-order valence-electron chi connectivity index (χ2n) is 4.98. The van der Waals surface area contributed by atoms with Gasteiger partial charge in [-0.25, -0.2) is 0 Å². The van der Waals surface area contributed by atoms with Crippen molar-refractivity contribution in [1.82, 2.24) is 0 Å². The van der Waals surface area contributed by atoms with Gasteiger partial charge in [-0.05, 0) is 43.5 Å². The lowest BCUT2D eigenvalue weighted by molar-refractivity contribution is -0.0339. The Bertz CT molecular complexity index is 384. The van der Waals surface area contributed by atoms with Gasteiger partial charge in [-0.15, -0.1) is 0 Å². The third kappa shape index (κ3) is 3.36. The Balaban J connectivity index is 1.94. The highest BCUT2D eigenvalue weighted by Crippen LogP contribution is 2.29. The number of halogens is 1. The van der Waals surface area contributed by atoms with Gasteiger partial charge in [-0.3, -0.25) is 0 Å². The average molecular weight is 255 g/mol. The SMILES string of the molecule is Cc1cc(OCC2(O)CCCCC2)ccc1Cl. The molecular weight excluding hydrogens is 236 g/mol. The molecule has 0 heterocycles. The van der Waals surface area contributed by atoms with Gasteiger partial charge < -0.3 is 9.84 Å². The van der Waals surface area contributed by atoms with Crippen LogP contribution in [0, 0.1) is 6.92 Å². The van der Waals surface area contributed by atoms with Crippen LogP contribution in [0.4, 0.5) is 0 Å². The predicted octanol–water partition coefficient (Wildman–Crippen LogP) is 3.72. The Labute approximate surface area is 108 Å². The standard InChI is InChI=1S/C14H19ClO2/c1-11-9-12(5-6-13(11)15)17-10-14(16)7-3-2-4-8-14/h5-6,9,16H,2-4,7-8,10H2,1H3. The second kappa shape index (κ2) is 5.28. The summed E-state index contributed by atoms with van der Waals surface area (Å²) in [6.07, 6.45) is 5.11. The Hall–Kier alpha value is -0.730. The van der Waals surface area contributed by atoms with Gasteiger partial charge in [0.1, 0.15) is 12.4 Å². The molecule has 1 N–H and O–H groups in total. The van der Waals surface area contributed by atoms with E-state index < -0.39 is 5.60 Å². The number of aliphatic hydroxyl groups is 1. The van der Waals surface area contributed by atoms with Gasteiger partial charge in [-0.1, -0.05) is 30.9 Å². The molecule has 0 unspecified atom stereocenters. The van der Waals surface area contributed by atoms with E-state index in [0.29, 0.717) is 6.61 Å². The van der Waals surface area contributed by atoms with Crippen LogP contribution >= 0.6 is 11.6 Å². The molecule has 0 saturated heterocycles. The summed E-state index contributed by atoms with van der Waals surface area (Å²) >= 11 is 5.95. The molecule has 2 rings (SSSR count). The van der Waals surface area contributed by atoms with Gasteiger partial charge in [0.15, 0.2) is 0 Å². The first-order valence-corrected chi connectivity index (χ1v) is 6.58. The molecule has 0 aromatic heterocycles. The average Bonchev–Trinajstić information content (AvgIpc) is 2.32. The molecule has 0 spiro atoms. The first kappa shape index (κ1) is 12.7. The smallest absolute Gasteiger partial charge is 0.119 e. The molecule has 0 atom stereocenters. The van der Waals surface area contributed by atoms with E-state index in [1.807, 2.05) is 25.1 Å². The maximum Gasteiger partial charge on any atom is 0.119 e. The number of aryl methyl sites for hydroxylation is 1. The molecule has 1 fully saturated rings. The maximum atomic E-state index is 10.3. The summed E-state index contributed by atoms with van der Waals surface area (Å²) in [5.41, 5.74) is 0.367. The van der Waals surface area contributed by atoms with Gasteiger partial charge in [0.2, 0.25) is 0 Å². The summed E-state index contributed by atoms with van der Waals surface area (Å²) in [7, 11) is 0. The lowest BCUT2D eigenvalue weighted by Crippen LogP contribution is -2.37. The fraction of sp³-hybridized carbons (Fsp3) is 0.571. The van der Waals surface area contributed by atoms with Crippen LogP contribution in [-0.2, 0) is 0 Å². The Morgan fingerprint density at radius 1 is 1.29 bits per heavy atom. The zero-order valence-corrected chi connectivity index (χ0v) is 11.0. The highest BCUT2D eigenvalue weighted by molar-refractivity contribution is 6.31. The van der Waals surface area contributed by atoms with Gasteiger partial charge in [0.25, 0.3) is 0 Å². The van der Waals surface area contributed by atoms with Crippen LogP contribution in [0.5, 0.6) is 5.75 Å². The van der Waals surface area contributed by atoms with Crippen LogP contribution in [0.25, 0.3) is 0 Å². The molecule has 17 heavy (non-hydrogen) atoms. The van der Waals surface area contributed by atoms with Crippen molar-refractivity contribution >= 4 is 11.6 Å². The highest BCUT2D eigenvalue weighted by atomic mass is 35.5. The Kier molecular flexibility index (Phi) is 3.95. The van der Waals surface area contributed by atoms with Gasteiger partial charge >= 0.3 is 0 Å². The van der Waals surface area contributed by atoms with Gasteiger partial charge in [0.05, 0.1) is 5.60 Å². The summed E-state index contributed by atoms with van der Waals surface area (Å²) in [5, 5.41) is 11.0. The summed E-state index contributed by atoms with van der Waals surface area (Å²) in [4.78, 5) is 0. The van der Waals surface area contributed by atoms with E-state index in [0.717, 1.165) is 42.0 Å². The normalized spacial score (nSPS) is 19.0. The van der Waals surface area contributed by atoms with Crippen molar-refractivity contribution in [2.45, 2.75) is 44.6 Å². The topological polar surface area (TPSA) is 29.5 Å². The molecule has 1 aromatic rings. The van der Waals surface area contributed by atoms with Crippen LogP contribution in [0.3, 0.4) is 0 Å². The van der Waals surface area contributed by atoms with E-state index in [-0.39, 0.29) is 0 Å². The summed E-state index contributed by atoms with van der Waals surface area (Å²) in [5.74, 6) is 0.783. The van der Waals surface area contributed by atoms with Crippen LogP contribution in [0.2, 0.25) is 5.02 Å². The minimum Gasteiger partial charge on any atom is -0.491 e. The number of rotatable bonds is 3. The summed E-state index contributed by atoms with van der Waals surface area (Å²) in [6.45, 7) is 2.33. The van der Waals surface area contributed by atoms with Gasteiger partial charge in [0, 0.05) is 5.02 Å². The van der Waals surface area contributed by atoms with Crippen molar-refractivity contribution in [3.63, 3.8) is 0 Å². The molecule has 1 aromatic carbocycles. The quantitative estimate of drug-likeness (QED) is 0.891. The molecule has 0 bridgehead atoms. The summed E-state index contributed by atoms with van der Waals surface area (Å²) < 4.78 is 5.68. The number of benzene rings is 1. The minimum absolute atomic E-state index is 0.383. The number of hydrogen-bond donors (Lipinski definition) is 1. The van der Waals surface area contributed by atoms with Crippen molar-refractivity contribution in [2.24, 2.45) is 0 Å². The van der Waals surface area contributed by atoms with Crippen molar-refractivity contribution in [3.8, 4) is 5.75 Å². The fourth-order valence-corrected chi connectivity index (χ4v) is 2.40. The Morgan fingerprint density at radius 3 is 2.65 bits per heavy atom. The van der Waals surface area contributed by atoms with Crippen LogP contribution in [0.1, 0.15) is 37.7 Å². The Morgan fingerprint density at radius 2 is 2.00 bits per heavy atom. The minimum atomic E-state index is -0.633. The molecule has 0 radical (unpaired) electrons. The molecule has 1 aliphatic rings. The van der Waals surface area contributed by atoms with E-state index >= 15 is 0 Å². The zero-order chi connectivity index (χ0) is 12.3. The lowest BCUT2D eigenvalue weighted by atomic mass is 9.85. The largest absolute Gasteiger partial charge is 0.491 e. The molecule has 0 aliphatic heterocycles. The number of hydrogen-bond acceptors (Lipinski definition) is 2. The van der Waals surface area contributed by atoms with E-state index in [9.17, 15) is 5.11 Å². The predicted molar refractivity (Wildman–Crippen MR) is 69.7 cm³/mol. The monoisotopic (exact) mass is 254 g/mol. The summed E-state index contributed by atoms with van der Waals surface area (Å²) in [6, 6.07) is 5.59. The number of ether oxygens (including phenoxy) is 1. The molecule has 1 saturated carbocycles. The van der Waals surface area contributed by atoms with Crippen LogP contribution < -0.4 is 4.74 Å². The van der Waals surface area contributed by atoms with E-state index in [4.69, 9.17) is 16.3 Å². The van der Waals surface area contributed by atoms with E-state index in [1.54, 1.807) is 0 Å². The third-order valence-corrected chi connectivity index (χ3v) is 3.85. The molecule has 2 nitrogen and oxygen atoms in total. The third-order valence-electron chi connectivity index (χ3n) is 3.42. The van der Waals surface area contributed by atoms with Crippen LogP contribution in [-0.4, -0.2) is 17.3 Å². The first-order chi connectivity index (χ1) is 8.09. The lowest BCUT2D eigenvalue weighted by Gasteiger charge is -2.31. The fourth-order valence-electron chi connectivity index (χ4n) is 2.28. The zero-order valence-electron chi connectivity index (χ0n) is 10.2. The molecular formula is C14H19ClO2. The van der Waals surface area contributed by atoms with Crippen LogP contribution in [0.15, 0.2) is 18.2 Å². The highest BCUT2D eigenvalue weighted by Gasteiger charge is 2.29. The van der Waals surface area contributed by atoms with Crippen molar-refractivity contribution in [1.29, 1.82) is 0 Å². The maximum absolute atomic E-state index is 10.3. The molecule has 0 amide bonds. The molecule has 94 valence electrons. The molecule has 3 heteroatoms. The van der Waals surface area contributed by atoms with Crippen molar-refractivity contribution in [2.75, 3.05) is 6.61 Å². The first-order valence-electron chi connectivity index (χ1n) is 6.20. The van der Waals surface area contributed by atoms with Gasteiger partial charge in [-0.2, -0.15) is 0 Å². The van der Waals surface area contributed by atoms with E-state index in [1.165, 1.54) is 6.42 Å². The van der Waals surface area contributed by atoms with Crippen molar-refractivity contribution in [3.05, 3.63) is 28.8 Å². The second-order valence-corrected chi connectivity index (χ2v) is 5.39.